The van der Waals surface area contributed by atoms with Crippen molar-refractivity contribution in [1.29, 1.82) is 0 Å². The van der Waals surface area contributed by atoms with Crippen LogP contribution in [0.3, 0.4) is 0 Å². The first-order chi connectivity index (χ1) is 15.9. The molecule has 0 unspecified atom stereocenters. The molecule has 0 spiro atoms. The summed E-state index contributed by atoms with van der Waals surface area (Å²) in [6.45, 7) is 3.44. The summed E-state index contributed by atoms with van der Waals surface area (Å²) in [5, 5.41) is 11.2. The second-order valence-corrected chi connectivity index (χ2v) is 8.86. The maximum Gasteiger partial charge on any atom is 0.291 e. The second kappa shape index (κ2) is 10.0. The monoisotopic (exact) mass is 442 g/mol. The third-order valence-corrected chi connectivity index (χ3v) is 6.21. The molecule has 0 fully saturated rings. The third-order valence-electron chi connectivity index (χ3n) is 6.21. The quantitative estimate of drug-likeness (QED) is 0.665. The zero-order chi connectivity index (χ0) is 23.4. The molecule has 0 bridgehead atoms. The number of carbonyl (C=O) groups excluding carboxylic acids is 2. The molecule has 1 aliphatic carbocycles. The van der Waals surface area contributed by atoms with Crippen molar-refractivity contribution in [3.05, 3.63) is 76.5 Å². The van der Waals surface area contributed by atoms with Crippen molar-refractivity contribution in [3.63, 3.8) is 0 Å². The van der Waals surface area contributed by atoms with Crippen molar-refractivity contribution in [2.75, 3.05) is 27.2 Å². The first-order valence-corrected chi connectivity index (χ1v) is 11.5. The van der Waals surface area contributed by atoms with E-state index < -0.39 is 0 Å². The molecule has 0 saturated heterocycles. The summed E-state index contributed by atoms with van der Waals surface area (Å²) in [7, 11) is 3.96. The Morgan fingerprint density at radius 1 is 0.939 bits per heavy atom. The van der Waals surface area contributed by atoms with Gasteiger partial charge in [0.1, 0.15) is 0 Å². The third kappa shape index (κ3) is 5.17. The van der Waals surface area contributed by atoms with Crippen LogP contribution < -0.4 is 5.32 Å². The van der Waals surface area contributed by atoms with E-state index in [1.807, 2.05) is 62.3 Å². The molecule has 0 saturated carbocycles. The maximum absolute atomic E-state index is 12.6. The Labute approximate surface area is 195 Å². The number of amides is 2. The minimum Gasteiger partial charge on any atom is -0.351 e. The summed E-state index contributed by atoms with van der Waals surface area (Å²) in [6.07, 6.45) is 3.76. The van der Waals surface area contributed by atoms with Crippen molar-refractivity contribution in [3.8, 4) is 11.1 Å². The highest BCUT2D eigenvalue weighted by Crippen LogP contribution is 2.38. The Bertz CT molecular complexity index is 1170. The van der Waals surface area contributed by atoms with E-state index in [1.165, 1.54) is 0 Å². The molecule has 2 amide bonds. The zero-order valence-corrected chi connectivity index (χ0v) is 19.5. The number of nitrogens with one attached hydrogen (secondary N) is 1. The SMILES string of the molecule is C/C(=C1\N=NC(=O)C2=C1CCCC2)c1cccc(-c2cccc(C(=O)NCCN(C)C)c2)c1. The Morgan fingerprint density at radius 2 is 1.58 bits per heavy atom. The van der Waals surface area contributed by atoms with Crippen molar-refractivity contribution in [2.45, 2.75) is 32.6 Å². The second-order valence-electron chi connectivity index (χ2n) is 8.86. The van der Waals surface area contributed by atoms with E-state index in [9.17, 15) is 9.59 Å². The highest BCUT2D eigenvalue weighted by molar-refractivity contribution is 5.98. The molecule has 2 aromatic carbocycles. The summed E-state index contributed by atoms with van der Waals surface area (Å²) in [5.41, 5.74) is 7.41. The molecule has 1 aliphatic heterocycles. The van der Waals surface area contributed by atoms with Crippen LogP contribution in [0.25, 0.3) is 16.7 Å². The van der Waals surface area contributed by atoms with E-state index in [4.69, 9.17) is 0 Å². The summed E-state index contributed by atoms with van der Waals surface area (Å²) in [4.78, 5) is 26.8. The Kier molecular flexibility index (Phi) is 6.94. The van der Waals surface area contributed by atoms with E-state index >= 15 is 0 Å². The number of hydrogen-bond acceptors (Lipinski definition) is 4. The van der Waals surface area contributed by atoms with Crippen LogP contribution in [0.5, 0.6) is 0 Å². The van der Waals surface area contributed by atoms with Crippen molar-refractivity contribution in [2.24, 2.45) is 10.2 Å². The van der Waals surface area contributed by atoms with Crippen LogP contribution in [0.2, 0.25) is 0 Å². The van der Waals surface area contributed by atoms with Gasteiger partial charge in [-0.1, -0.05) is 30.3 Å². The molecular weight excluding hydrogens is 412 g/mol. The Morgan fingerprint density at radius 3 is 2.27 bits per heavy atom. The van der Waals surface area contributed by atoms with Gasteiger partial charge in [-0.05, 0) is 92.7 Å². The van der Waals surface area contributed by atoms with Crippen LogP contribution in [0.4, 0.5) is 0 Å². The average Bonchev–Trinajstić information content (AvgIpc) is 2.84. The van der Waals surface area contributed by atoms with Crippen molar-refractivity contribution >= 4 is 17.4 Å². The molecule has 6 nitrogen and oxygen atoms in total. The normalized spacial score (nSPS) is 17.3. The predicted octanol–water partition coefficient (Wildman–Crippen LogP) is 5.24. The first kappa shape index (κ1) is 22.8. The summed E-state index contributed by atoms with van der Waals surface area (Å²) >= 11 is 0. The smallest absolute Gasteiger partial charge is 0.291 e. The van der Waals surface area contributed by atoms with Crippen LogP contribution in [0, 0.1) is 0 Å². The minimum atomic E-state index is -0.185. The molecule has 1 heterocycles. The van der Waals surface area contributed by atoms with Gasteiger partial charge in [0.15, 0.2) is 0 Å². The van der Waals surface area contributed by atoms with Gasteiger partial charge in [0.25, 0.3) is 11.8 Å². The topological polar surface area (TPSA) is 74.1 Å². The van der Waals surface area contributed by atoms with Crippen LogP contribution in [-0.4, -0.2) is 43.9 Å². The number of allylic oxidation sites excluding steroid dienone is 2. The van der Waals surface area contributed by atoms with Gasteiger partial charge in [-0.15, -0.1) is 10.2 Å². The van der Waals surface area contributed by atoms with Crippen LogP contribution in [-0.2, 0) is 4.79 Å². The fraction of sp³-hybridized carbons (Fsp3) is 0.333. The van der Waals surface area contributed by atoms with Gasteiger partial charge in [-0.2, -0.15) is 0 Å². The molecule has 0 aromatic heterocycles. The number of rotatable bonds is 6. The van der Waals surface area contributed by atoms with Crippen molar-refractivity contribution < 1.29 is 9.59 Å². The number of benzene rings is 2. The van der Waals surface area contributed by atoms with Gasteiger partial charge in [0.05, 0.1) is 5.70 Å². The molecule has 0 radical (unpaired) electrons. The lowest BCUT2D eigenvalue weighted by molar-refractivity contribution is -0.115. The molecule has 1 N–H and O–H groups in total. The molecular formula is C27H30N4O2. The van der Waals surface area contributed by atoms with E-state index in [1.54, 1.807) is 0 Å². The number of likely N-dealkylation sites (N-methyl/N-ethyl adjacent to an activating group) is 1. The lowest BCUT2D eigenvalue weighted by Gasteiger charge is -2.22. The van der Waals surface area contributed by atoms with Gasteiger partial charge >= 0.3 is 0 Å². The highest BCUT2D eigenvalue weighted by Gasteiger charge is 2.26. The predicted molar refractivity (Wildman–Crippen MR) is 131 cm³/mol. The van der Waals surface area contributed by atoms with E-state index in [2.05, 4.69) is 27.7 Å². The lowest BCUT2D eigenvalue weighted by atomic mass is 9.86. The fourth-order valence-corrected chi connectivity index (χ4v) is 4.32. The largest absolute Gasteiger partial charge is 0.351 e. The lowest BCUT2D eigenvalue weighted by Crippen LogP contribution is -2.31. The molecule has 4 rings (SSSR count). The zero-order valence-electron chi connectivity index (χ0n) is 19.5. The molecule has 0 atom stereocenters. The number of nitrogens with zero attached hydrogens (tertiary/aromatic N) is 3. The van der Waals surface area contributed by atoms with Crippen LogP contribution >= 0.6 is 0 Å². The molecule has 2 aromatic rings. The number of azo groups is 1. The standard InChI is InChI=1S/C27H30N4O2/c1-18(25-23-12-4-5-13-24(23)27(33)30-29-25)19-8-6-9-20(16-19)21-10-7-11-22(17-21)26(32)28-14-15-31(2)3/h6-11,16-17H,4-5,12-15H2,1-3H3,(H,28,32)/b25-18+. The first-order valence-electron chi connectivity index (χ1n) is 11.5. The van der Waals surface area contributed by atoms with Gasteiger partial charge < -0.3 is 10.2 Å². The molecule has 170 valence electrons. The summed E-state index contributed by atoms with van der Waals surface area (Å²) < 4.78 is 0. The minimum absolute atomic E-state index is 0.0720. The van der Waals surface area contributed by atoms with Crippen LogP contribution in [0.15, 0.2) is 75.6 Å². The molecule has 6 heteroatoms. The Hall–Kier alpha value is -3.38. The summed E-state index contributed by atoms with van der Waals surface area (Å²) in [5.74, 6) is -0.257. The number of carbonyl (C=O) groups is 2. The maximum atomic E-state index is 12.6. The van der Waals surface area contributed by atoms with Gasteiger partial charge in [0, 0.05) is 24.2 Å². The molecule has 2 aliphatic rings. The summed E-state index contributed by atoms with van der Waals surface area (Å²) in [6, 6.07) is 15.9. The van der Waals surface area contributed by atoms with Gasteiger partial charge in [-0.3, -0.25) is 9.59 Å². The Balaban J connectivity index is 1.62. The van der Waals surface area contributed by atoms with Gasteiger partial charge in [-0.25, -0.2) is 0 Å². The van der Waals surface area contributed by atoms with Gasteiger partial charge in [0.2, 0.25) is 0 Å². The van der Waals surface area contributed by atoms with E-state index in [-0.39, 0.29) is 11.8 Å². The molecule has 33 heavy (non-hydrogen) atoms. The van der Waals surface area contributed by atoms with Crippen molar-refractivity contribution in [1.82, 2.24) is 10.2 Å². The van der Waals surface area contributed by atoms with E-state index in [0.717, 1.165) is 71.3 Å². The van der Waals surface area contributed by atoms with Crippen LogP contribution in [0.1, 0.15) is 48.5 Å². The highest BCUT2D eigenvalue weighted by atomic mass is 16.2. The average molecular weight is 443 g/mol. The fourth-order valence-electron chi connectivity index (χ4n) is 4.32. The number of hydrogen-bond donors (Lipinski definition) is 1. The van der Waals surface area contributed by atoms with E-state index in [0.29, 0.717) is 12.1 Å².